The van der Waals surface area contributed by atoms with Crippen LogP contribution in [0.4, 0.5) is 5.69 Å². The Kier molecular flexibility index (Phi) is 6.65. The first kappa shape index (κ1) is 22.2. The van der Waals surface area contributed by atoms with Gasteiger partial charge in [-0.25, -0.2) is 15.0 Å². The largest absolute Gasteiger partial charge is 0.507 e. The lowest BCUT2D eigenvalue weighted by atomic mass is 10.1. The summed E-state index contributed by atoms with van der Waals surface area (Å²) >= 11 is 0. The van der Waals surface area contributed by atoms with E-state index >= 15 is 0 Å². The van der Waals surface area contributed by atoms with Gasteiger partial charge in [0, 0.05) is 16.8 Å². The molecule has 4 aromatic rings. The number of nitrogens with zero attached hydrogens (tertiary/aromatic N) is 3. The second-order valence-electron chi connectivity index (χ2n) is 6.51. The average molecular weight is 429 g/mol. The monoisotopic (exact) mass is 429 g/mol. The van der Waals surface area contributed by atoms with Crippen molar-refractivity contribution in [2.75, 3.05) is 5.73 Å². The molecule has 3 aromatic carbocycles. The van der Waals surface area contributed by atoms with Crippen LogP contribution in [0.2, 0.25) is 0 Å². The van der Waals surface area contributed by atoms with Gasteiger partial charge in [0.1, 0.15) is 11.5 Å². The lowest BCUT2D eigenvalue weighted by Gasteiger charge is -2.11. The Labute approximate surface area is 185 Å². The van der Waals surface area contributed by atoms with Gasteiger partial charge in [-0.1, -0.05) is 38.1 Å². The van der Waals surface area contributed by atoms with Gasteiger partial charge >= 0.3 is 0 Å². The van der Waals surface area contributed by atoms with E-state index in [1.807, 2.05) is 13.8 Å². The number of carbonyl (C=O) groups excluding carboxylic acids is 1. The number of primary amides is 1. The molecule has 0 unspecified atom stereocenters. The van der Waals surface area contributed by atoms with Gasteiger partial charge in [-0.2, -0.15) is 0 Å². The zero-order valence-electron chi connectivity index (χ0n) is 17.6. The van der Waals surface area contributed by atoms with Crippen LogP contribution in [0.15, 0.2) is 66.7 Å². The number of nitrogens with two attached hydrogens (primary N) is 2. The van der Waals surface area contributed by atoms with Gasteiger partial charge in [0.05, 0.1) is 11.1 Å². The van der Waals surface area contributed by atoms with Crippen molar-refractivity contribution in [1.29, 1.82) is 0 Å². The first-order valence-corrected chi connectivity index (χ1v) is 9.96. The summed E-state index contributed by atoms with van der Waals surface area (Å²) in [4.78, 5) is 24.8. The van der Waals surface area contributed by atoms with E-state index in [4.69, 9.17) is 11.5 Å². The molecule has 0 atom stereocenters. The third-order valence-electron chi connectivity index (χ3n) is 4.50. The summed E-state index contributed by atoms with van der Waals surface area (Å²) < 4.78 is 0. The molecule has 0 spiro atoms. The van der Waals surface area contributed by atoms with Gasteiger partial charge in [0.25, 0.3) is 0 Å². The summed E-state index contributed by atoms with van der Waals surface area (Å²) in [6.45, 7) is 4.00. The maximum Gasteiger partial charge on any atom is 0.248 e. The maximum atomic E-state index is 11.4. The molecular formula is C24H23N5O3. The molecule has 0 aliphatic rings. The molecule has 0 saturated heterocycles. The number of hydrogen-bond donors (Lipinski definition) is 4. The molecule has 162 valence electrons. The molecule has 0 aliphatic carbocycles. The fraction of sp³-hybridized carbons (Fsp3) is 0.0833. The van der Waals surface area contributed by atoms with Crippen molar-refractivity contribution in [2.45, 2.75) is 13.8 Å². The number of anilines is 1. The topological polar surface area (TPSA) is 148 Å². The zero-order valence-corrected chi connectivity index (χ0v) is 17.6. The fourth-order valence-electron chi connectivity index (χ4n) is 2.98. The molecule has 1 aromatic heterocycles. The molecule has 0 radical (unpaired) electrons. The van der Waals surface area contributed by atoms with Crippen LogP contribution < -0.4 is 11.5 Å². The van der Waals surface area contributed by atoms with Crippen LogP contribution in [-0.4, -0.2) is 31.1 Å². The Balaban J connectivity index is 0.00000141. The van der Waals surface area contributed by atoms with Crippen LogP contribution >= 0.6 is 0 Å². The van der Waals surface area contributed by atoms with Crippen molar-refractivity contribution in [3.05, 3.63) is 72.3 Å². The molecule has 8 nitrogen and oxygen atoms in total. The standard InChI is InChI=1S/C22H17N5O3.C2H6/c23-16-11-12(19(24)30)9-10-13(16)20-25-21(14-5-1-3-7-17(14)28)27-22(26-20)15-6-2-4-8-18(15)29;1-2/h1-11,28-29H,23H2,(H2,24,30);1-2H3. The van der Waals surface area contributed by atoms with Crippen LogP contribution in [0.25, 0.3) is 34.2 Å². The molecule has 1 amide bonds. The number of benzene rings is 3. The number of hydrogen-bond acceptors (Lipinski definition) is 7. The van der Waals surface area contributed by atoms with Gasteiger partial charge in [0.15, 0.2) is 17.5 Å². The Morgan fingerprint density at radius 3 is 1.56 bits per heavy atom. The lowest BCUT2D eigenvalue weighted by molar-refractivity contribution is 0.100. The van der Waals surface area contributed by atoms with Crippen LogP contribution in [0.1, 0.15) is 24.2 Å². The van der Waals surface area contributed by atoms with Gasteiger partial charge in [-0.15, -0.1) is 0 Å². The molecule has 0 saturated carbocycles. The Hall–Kier alpha value is -4.46. The quantitative estimate of drug-likeness (QED) is 0.358. The van der Waals surface area contributed by atoms with E-state index in [2.05, 4.69) is 15.0 Å². The first-order chi connectivity index (χ1) is 15.4. The number of carbonyl (C=O) groups is 1. The molecular weight excluding hydrogens is 406 g/mol. The van der Waals surface area contributed by atoms with Gasteiger partial charge < -0.3 is 21.7 Å². The van der Waals surface area contributed by atoms with Crippen LogP contribution in [0.3, 0.4) is 0 Å². The average Bonchev–Trinajstić information content (AvgIpc) is 2.80. The summed E-state index contributed by atoms with van der Waals surface area (Å²) in [5.74, 6) is 0.0121. The molecule has 4 rings (SSSR count). The minimum absolute atomic E-state index is 0.00469. The van der Waals surface area contributed by atoms with Crippen molar-refractivity contribution in [1.82, 2.24) is 15.0 Å². The van der Waals surface area contributed by atoms with Crippen molar-refractivity contribution in [2.24, 2.45) is 5.73 Å². The molecule has 0 bridgehead atoms. The number of aromatic hydroxyl groups is 2. The summed E-state index contributed by atoms with van der Waals surface area (Å²) in [5, 5.41) is 20.5. The fourth-order valence-corrected chi connectivity index (χ4v) is 2.98. The van der Waals surface area contributed by atoms with Crippen LogP contribution in [-0.2, 0) is 0 Å². The highest BCUT2D eigenvalue weighted by Gasteiger charge is 2.17. The lowest BCUT2D eigenvalue weighted by Crippen LogP contribution is -2.11. The van der Waals surface area contributed by atoms with E-state index in [-0.39, 0.29) is 40.2 Å². The maximum absolute atomic E-state index is 11.4. The third-order valence-corrected chi connectivity index (χ3v) is 4.50. The van der Waals surface area contributed by atoms with Crippen molar-refractivity contribution in [3.8, 4) is 45.7 Å². The van der Waals surface area contributed by atoms with E-state index in [1.165, 1.54) is 24.3 Å². The molecule has 32 heavy (non-hydrogen) atoms. The normalized spacial score (nSPS) is 10.2. The molecule has 6 N–H and O–H groups in total. The summed E-state index contributed by atoms with van der Waals surface area (Å²) in [5.41, 5.74) is 13.2. The highest BCUT2D eigenvalue weighted by atomic mass is 16.3. The smallest absolute Gasteiger partial charge is 0.248 e. The number of phenolic OH excluding ortho intramolecular Hbond substituents is 2. The minimum Gasteiger partial charge on any atom is -0.507 e. The molecule has 8 heteroatoms. The number of para-hydroxylation sites is 2. The minimum atomic E-state index is -0.603. The number of phenols is 2. The number of amides is 1. The second-order valence-corrected chi connectivity index (χ2v) is 6.51. The Morgan fingerprint density at radius 2 is 1.16 bits per heavy atom. The summed E-state index contributed by atoms with van der Waals surface area (Å²) in [6.07, 6.45) is 0. The highest BCUT2D eigenvalue weighted by Crippen LogP contribution is 2.33. The van der Waals surface area contributed by atoms with E-state index in [0.29, 0.717) is 16.7 Å². The van der Waals surface area contributed by atoms with Crippen LogP contribution in [0, 0.1) is 0 Å². The molecule has 0 fully saturated rings. The first-order valence-electron chi connectivity index (χ1n) is 9.96. The van der Waals surface area contributed by atoms with Gasteiger partial charge in [-0.05, 0) is 42.5 Å². The van der Waals surface area contributed by atoms with Crippen molar-refractivity contribution in [3.63, 3.8) is 0 Å². The van der Waals surface area contributed by atoms with Gasteiger partial charge in [0.2, 0.25) is 5.91 Å². The zero-order chi connectivity index (χ0) is 23.3. The highest BCUT2D eigenvalue weighted by molar-refractivity contribution is 5.95. The predicted molar refractivity (Wildman–Crippen MR) is 124 cm³/mol. The third kappa shape index (κ3) is 4.49. The van der Waals surface area contributed by atoms with E-state index < -0.39 is 5.91 Å². The van der Waals surface area contributed by atoms with Gasteiger partial charge in [-0.3, -0.25) is 4.79 Å². The Bertz CT molecular complexity index is 1210. The molecule has 1 heterocycles. The summed E-state index contributed by atoms with van der Waals surface area (Å²) in [6, 6.07) is 17.8. The predicted octanol–water partition coefficient (Wildman–Crippen LogP) is 3.99. The SMILES string of the molecule is CC.NC(=O)c1ccc(-c2nc(-c3ccccc3O)nc(-c3ccccc3O)n2)c(N)c1. The number of rotatable bonds is 4. The number of nitrogen functional groups attached to an aromatic ring is 1. The second kappa shape index (κ2) is 9.57. The molecule has 0 aliphatic heterocycles. The van der Waals surface area contributed by atoms with E-state index in [0.717, 1.165) is 0 Å². The van der Waals surface area contributed by atoms with E-state index in [1.54, 1.807) is 42.5 Å². The van der Waals surface area contributed by atoms with Crippen LogP contribution in [0.5, 0.6) is 11.5 Å². The summed E-state index contributed by atoms with van der Waals surface area (Å²) in [7, 11) is 0. The Morgan fingerprint density at radius 1 is 0.719 bits per heavy atom. The van der Waals surface area contributed by atoms with E-state index in [9.17, 15) is 15.0 Å². The number of aromatic nitrogens is 3. The van der Waals surface area contributed by atoms with Crippen molar-refractivity contribution < 1.29 is 15.0 Å². The van der Waals surface area contributed by atoms with Crippen molar-refractivity contribution >= 4 is 11.6 Å².